The first-order chi connectivity index (χ1) is 8.24. The van der Waals surface area contributed by atoms with Crippen molar-refractivity contribution in [2.75, 3.05) is 18.0 Å². The Hall–Kier alpha value is -1.60. The zero-order chi connectivity index (χ0) is 12.3. The number of nitrogens with one attached hydrogen (secondary N) is 1. The van der Waals surface area contributed by atoms with Gasteiger partial charge in [0.2, 0.25) is 0 Å². The van der Waals surface area contributed by atoms with Crippen molar-refractivity contribution in [2.45, 2.75) is 32.4 Å². The van der Waals surface area contributed by atoms with Crippen LogP contribution in [0.5, 0.6) is 0 Å². The van der Waals surface area contributed by atoms with Gasteiger partial charge < -0.3 is 10.2 Å². The molecule has 1 saturated heterocycles. The number of hydrogen-bond acceptors (Lipinski definition) is 4. The molecule has 0 spiro atoms. The van der Waals surface area contributed by atoms with Gasteiger partial charge in [0.05, 0.1) is 5.56 Å². The van der Waals surface area contributed by atoms with Gasteiger partial charge >= 0.3 is 0 Å². The van der Waals surface area contributed by atoms with E-state index in [1.807, 2.05) is 12.1 Å². The molecule has 1 aliphatic rings. The molecule has 0 amide bonds. The lowest BCUT2D eigenvalue weighted by atomic mass is 10.1. The van der Waals surface area contributed by atoms with Crippen molar-refractivity contribution in [1.82, 2.24) is 10.3 Å². The normalized spacial score (nSPS) is 24.4. The van der Waals surface area contributed by atoms with E-state index in [0.717, 1.165) is 25.3 Å². The molecule has 0 unspecified atom stereocenters. The second-order valence-electron chi connectivity index (χ2n) is 4.54. The largest absolute Gasteiger partial charge is 0.351 e. The average Bonchev–Trinajstić information content (AvgIpc) is 2.39. The highest BCUT2D eigenvalue weighted by Crippen LogP contribution is 2.19. The summed E-state index contributed by atoms with van der Waals surface area (Å²) in [5, 5.41) is 12.2. The summed E-state index contributed by atoms with van der Waals surface area (Å²) in [6.07, 6.45) is 2.75. The van der Waals surface area contributed by atoms with Crippen LogP contribution >= 0.6 is 0 Å². The maximum absolute atomic E-state index is 8.77. The summed E-state index contributed by atoms with van der Waals surface area (Å²) in [5.74, 6) is 0.976. The lowest BCUT2D eigenvalue weighted by Gasteiger charge is -2.39. The van der Waals surface area contributed by atoms with Gasteiger partial charge in [0.1, 0.15) is 11.9 Å². The van der Waals surface area contributed by atoms with E-state index in [2.05, 4.69) is 35.1 Å². The SMILES string of the molecule is CC[C@H]1CN[C@@H](C)CN1c1ccc(C#N)cn1. The van der Waals surface area contributed by atoms with Crippen LogP contribution in [0, 0.1) is 11.3 Å². The zero-order valence-corrected chi connectivity index (χ0v) is 10.3. The number of hydrogen-bond donors (Lipinski definition) is 1. The Morgan fingerprint density at radius 1 is 1.59 bits per heavy atom. The molecule has 1 aliphatic heterocycles. The molecular weight excluding hydrogens is 212 g/mol. The molecule has 0 bridgehead atoms. The predicted octanol–water partition coefficient (Wildman–Crippen LogP) is 1.53. The Morgan fingerprint density at radius 3 is 3.00 bits per heavy atom. The third-order valence-electron chi connectivity index (χ3n) is 3.26. The van der Waals surface area contributed by atoms with E-state index < -0.39 is 0 Å². The van der Waals surface area contributed by atoms with Gasteiger partial charge in [0, 0.05) is 31.4 Å². The van der Waals surface area contributed by atoms with Gasteiger partial charge in [-0.25, -0.2) is 4.98 Å². The van der Waals surface area contributed by atoms with Crippen LogP contribution in [0.1, 0.15) is 25.8 Å². The number of piperazine rings is 1. The predicted molar refractivity (Wildman–Crippen MR) is 67.8 cm³/mol. The van der Waals surface area contributed by atoms with Gasteiger partial charge in [0.25, 0.3) is 0 Å². The van der Waals surface area contributed by atoms with E-state index in [0.29, 0.717) is 17.6 Å². The molecule has 0 radical (unpaired) electrons. The van der Waals surface area contributed by atoms with Crippen LogP contribution in [0.25, 0.3) is 0 Å². The summed E-state index contributed by atoms with van der Waals surface area (Å²) < 4.78 is 0. The highest BCUT2D eigenvalue weighted by molar-refractivity contribution is 5.43. The fraction of sp³-hybridized carbons (Fsp3) is 0.538. The second-order valence-corrected chi connectivity index (χ2v) is 4.54. The Morgan fingerprint density at radius 2 is 2.41 bits per heavy atom. The Kier molecular flexibility index (Phi) is 3.60. The van der Waals surface area contributed by atoms with Crippen molar-refractivity contribution in [3.8, 4) is 6.07 Å². The Labute approximate surface area is 102 Å². The quantitative estimate of drug-likeness (QED) is 0.837. The minimum absolute atomic E-state index is 0.482. The van der Waals surface area contributed by atoms with Crippen molar-refractivity contribution in [3.05, 3.63) is 23.9 Å². The minimum atomic E-state index is 0.482. The van der Waals surface area contributed by atoms with E-state index in [9.17, 15) is 0 Å². The van der Waals surface area contributed by atoms with Crippen LogP contribution in [0.3, 0.4) is 0 Å². The van der Waals surface area contributed by atoms with Crippen molar-refractivity contribution in [2.24, 2.45) is 0 Å². The fourth-order valence-electron chi connectivity index (χ4n) is 2.22. The summed E-state index contributed by atoms with van der Waals surface area (Å²) in [5.41, 5.74) is 0.616. The van der Waals surface area contributed by atoms with Crippen molar-refractivity contribution in [3.63, 3.8) is 0 Å². The molecule has 2 rings (SSSR count). The van der Waals surface area contributed by atoms with E-state index in [4.69, 9.17) is 5.26 Å². The molecule has 17 heavy (non-hydrogen) atoms. The summed E-state index contributed by atoms with van der Waals surface area (Å²) in [7, 11) is 0. The number of aromatic nitrogens is 1. The van der Waals surface area contributed by atoms with Gasteiger partial charge in [-0.15, -0.1) is 0 Å². The molecule has 1 fully saturated rings. The second kappa shape index (κ2) is 5.15. The molecule has 4 heteroatoms. The number of nitriles is 1. The Bertz CT molecular complexity index is 406. The number of pyridine rings is 1. The standard InChI is InChI=1S/C13H18N4/c1-3-12-8-15-10(2)9-17(12)13-5-4-11(6-14)7-16-13/h4-5,7,10,12,15H,3,8-9H2,1-2H3/t10-,12-/m0/s1. The van der Waals surface area contributed by atoms with E-state index in [1.54, 1.807) is 6.20 Å². The summed E-state index contributed by atoms with van der Waals surface area (Å²) in [6, 6.07) is 6.85. The van der Waals surface area contributed by atoms with Crippen LogP contribution in [0.15, 0.2) is 18.3 Å². The van der Waals surface area contributed by atoms with Crippen molar-refractivity contribution in [1.29, 1.82) is 5.26 Å². The van der Waals surface area contributed by atoms with Gasteiger partial charge in [-0.2, -0.15) is 5.26 Å². The first kappa shape index (κ1) is 11.9. The molecule has 1 N–H and O–H groups in total. The third-order valence-corrected chi connectivity index (χ3v) is 3.26. The molecular formula is C13H18N4. The van der Waals surface area contributed by atoms with Crippen LogP contribution in [0.4, 0.5) is 5.82 Å². The molecule has 0 saturated carbocycles. The highest BCUT2D eigenvalue weighted by atomic mass is 15.3. The van der Waals surface area contributed by atoms with Gasteiger partial charge in [-0.3, -0.25) is 0 Å². The molecule has 4 nitrogen and oxygen atoms in total. The zero-order valence-electron chi connectivity index (χ0n) is 10.3. The van der Waals surface area contributed by atoms with Crippen LogP contribution in [-0.4, -0.2) is 30.2 Å². The molecule has 2 atom stereocenters. The van der Waals surface area contributed by atoms with Gasteiger partial charge in [-0.05, 0) is 25.5 Å². The minimum Gasteiger partial charge on any atom is -0.351 e. The van der Waals surface area contributed by atoms with Crippen molar-refractivity contribution < 1.29 is 0 Å². The molecule has 1 aromatic heterocycles. The third kappa shape index (κ3) is 2.56. The topological polar surface area (TPSA) is 52.0 Å². The lowest BCUT2D eigenvalue weighted by molar-refractivity contribution is 0.400. The van der Waals surface area contributed by atoms with E-state index in [1.165, 1.54) is 0 Å². The first-order valence-electron chi connectivity index (χ1n) is 6.10. The first-order valence-corrected chi connectivity index (χ1v) is 6.10. The number of nitrogens with zero attached hydrogens (tertiary/aromatic N) is 3. The molecule has 90 valence electrons. The molecule has 2 heterocycles. The molecule has 1 aromatic rings. The van der Waals surface area contributed by atoms with Crippen LogP contribution in [-0.2, 0) is 0 Å². The van der Waals surface area contributed by atoms with Crippen molar-refractivity contribution >= 4 is 5.82 Å². The van der Waals surface area contributed by atoms with E-state index in [-0.39, 0.29) is 0 Å². The number of rotatable bonds is 2. The summed E-state index contributed by atoms with van der Waals surface area (Å²) >= 11 is 0. The van der Waals surface area contributed by atoms with Gasteiger partial charge in [0.15, 0.2) is 0 Å². The maximum atomic E-state index is 8.77. The molecule has 0 aliphatic carbocycles. The summed E-state index contributed by atoms with van der Waals surface area (Å²) in [4.78, 5) is 6.72. The Balaban J connectivity index is 2.20. The average molecular weight is 230 g/mol. The maximum Gasteiger partial charge on any atom is 0.128 e. The van der Waals surface area contributed by atoms with E-state index >= 15 is 0 Å². The lowest BCUT2D eigenvalue weighted by Crippen LogP contribution is -2.55. The van der Waals surface area contributed by atoms with Crippen LogP contribution in [0.2, 0.25) is 0 Å². The van der Waals surface area contributed by atoms with Crippen LogP contribution < -0.4 is 10.2 Å². The van der Waals surface area contributed by atoms with Gasteiger partial charge in [-0.1, -0.05) is 6.92 Å². The molecule has 0 aromatic carbocycles. The monoisotopic (exact) mass is 230 g/mol. The smallest absolute Gasteiger partial charge is 0.128 e. The fourth-order valence-corrected chi connectivity index (χ4v) is 2.22. The number of anilines is 1. The summed E-state index contributed by atoms with van der Waals surface area (Å²) in [6.45, 7) is 6.35. The highest BCUT2D eigenvalue weighted by Gasteiger charge is 2.25.